The molecule has 2 heterocycles. The van der Waals surface area contributed by atoms with Crippen molar-refractivity contribution in [3.05, 3.63) is 95.4 Å². The zero-order valence-corrected chi connectivity index (χ0v) is 16.1. The highest BCUT2D eigenvalue weighted by atomic mass is 16.3. The average molecular weight is 370 g/mol. The van der Waals surface area contributed by atoms with Gasteiger partial charge in [0.2, 0.25) is 0 Å². The number of carbonyl (C=O) groups excluding carboxylic acids is 1. The third-order valence-corrected chi connectivity index (χ3v) is 4.98. The highest BCUT2D eigenvalue weighted by molar-refractivity contribution is 6.07. The molecule has 4 nitrogen and oxygen atoms in total. The quantitative estimate of drug-likeness (QED) is 0.463. The van der Waals surface area contributed by atoms with E-state index in [1.165, 1.54) is 5.56 Å². The molecule has 0 aliphatic carbocycles. The molecule has 0 unspecified atom stereocenters. The fourth-order valence-electron chi connectivity index (χ4n) is 3.33. The lowest BCUT2D eigenvalue weighted by atomic mass is 10.1. The first-order chi connectivity index (χ1) is 13.7. The lowest BCUT2D eigenvalue weighted by molar-refractivity contribution is 0.0959. The topological polar surface area (TPSA) is 46.3 Å². The highest BCUT2D eigenvalue weighted by Gasteiger charge is 2.25. The third kappa shape index (κ3) is 3.41. The summed E-state index contributed by atoms with van der Waals surface area (Å²) in [5.41, 5.74) is 3.89. The number of furan rings is 1. The van der Waals surface area contributed by atoms with E-state index in [0.29, 0.717) is 18.1 Å². The number of carbonyl (C=O) groups is 1. The Kier molecular flexibility index (Phi) is 4.94. The van der Waals surface area contributed by atoms with Gasteiger partial charge in [0, 0.05) is 17.1 Å². The summed E-state index contributed by atoms with van der Waals surface area (Å²) in [6.45, 7) is 4.48. The Bertz CT molecular complexity index is 1100. The average Bonchev–Trinajstić information content (AvgIpc) is 3.09. The summed E-state index contributed by atoms with van der Waals surface area (Å²) in [5.74, 6) is 0.774. The molecule has 0 saturated heterocycles. The molecular weight excluding hydrogens is 348 g/mol. The van der Waals surface area contributed by atoms with Gasteiger partial charge in [-0.25, -0.2) is 4.98 Å². The SMILES string of the molecule is CCc1ccc(CN(C(=O)c2oc3ccccc3c2C)c2ccccn2)cc1. The molecule has 0 atom stereocenters. The second-order valence-corrected chi connectivity index (χ2v) is 6.80. The first-order valence-corrected chi connectivity index (χ1v) is 9.46. The van der Waals surface area contributed by atoms with Crippen LogP contribution in [-0.4, -0.2) is 10.9 Å². The Balaban J connectivity index is 1.73. The molecule has 0 fully saturated rings. The molecule has 4 heteroatoms. The predicted molar refractivity (Wildman–Crippen MR) is 112 cm³/mol. The standard InChI is InChI=1S/C24H22N2O2/c1-3-18-11-13-19(14-12-18)16-26(22-10-6-7-15-25-22)24(27)23-17(2)20-8-4-5-9-21(20)28-23/h4-15H,3,16H2,1-2H3. The number of amides is 1. The van der Waals surface area contributed by atoms with Crippen molar-refractivity contribution in [2.75, 3.05) is 4.90 Å². The number of benzene rings is 2. The number of anilines is 1. The van der Waals surface area contributed by atoms with Gasteiger partial charge in [-0.05, 0) is 42.7 Å². The summed E-state index contributed by atoms with van der Waals surface area (Å²) in [5, 5.41) is 0.958. The van der Waals surface area contributed by atoms with Crippen molar-refractivity contribution in [3.8, 4) is 0 Å². The fourth-order valence-corrected chi connectivity index (χ4v) is 3.33. The Hall–Kier alpha value is -3.40. The van der Waals surface area contributed by atoms with Gasteiger partial charge in [0.15, 0.2) is 5.76 Å². The van der Waals surface area contributed by atoms with Gasteiger partial charge in [-0.3, -0.25) is 9.69 Å². The number of fused-ring (bicyclic) bond motifs is 1. The van der Waals surface area contributed by atoms with E-state index < -0.39 is 0 Å². The largest absolute Gasteiger partial charge is 0.451 e. The number of aryl methyl sites for hydroxylation is 2. The van der Waals surface area contributed by atoms with Crippen molar-refractivity contribution >= 4 is 22.7 Å². The number of rotatable bonds is 5. The smallest absolute Gasteiger partial charge is 0.295 e. The van der Waals surface area contributed by atoms with Gasteiger partial charge in [-0.15, -0.1) is 0 Å². The molecule has 1 amide bonds. The number of hydrogen-bond acceptors (Lipinski definition) is 3. The van der Waals surface area contributed by atoms with Crippen molar-refractivity contribution in [3.63, 3.8) is 0 Å². The van der Waals surface area contributed by atoms with Crippen LogP contribution in [0.5, 0.6) is 0 Å². The molecular formula is C24H22N2O2. The van der Waals surface area contributed by atoms with Gasteiger partial charge in [0.05, 0.1) is 6.54 Å². The van der Waals surface area contributed by atoms with Crippen LogP contribution in [0, 0.1) is 6.92 Å². The van der Waals surface area contributed by atoms with Crippen LogP contribution in [0.25, 0.3) is 11.0 Å². The van der Waals surface area contributed by atoms with Gasteiger partial charge in [0.1, 0.15) is 11.4 Å². The van der Waals surface area contributed by atoms with Crippen LogP contribution in [-0.2, 0) is 13.0 Å². The monoisotopic (exact) mass is 370 g/mol. The minimum absolute atomic E-state index is 0.188. The van der Waals surface area contributed by atoms with Crippen molar-refractivity contribution in [2.45, 2.75) is 26.8 Å². The van der Waals surface area contributed by atoms with E-state index in [-0.39, 0.29) is 5.91 Å². The van der Waals surface area contributed by atoms with Crippen LogP contribution in [0.1, 0.15) is 34.2 Å². The number of para-hydroxylation sites is 1. The van der Waals surface area contributed by atoms with E-state index >= 15 is 0 Å². The van der Waals surface area contributed by atoms with Crippen LogP contribution in [0.2, 0.25) is 0 Å². The van der Waals surface area contributed by atoms with Crippen LogP contribution in [0.15, 0.2) is 77.3 Å². The van der Waals surface area contributed by atoms with Gasteiger partial charge in [-0.1, -0.05) is 55.5 Å². The summed E-state index contributed by atoms with van der Waals surface area (Å²) in [7, 11) is 0. The third-order valence-electron chi connectivity index (χ3n) is 4.98. The molecule has 0 aliphatic heterocycles. The Morgan fingerprint density at radius 1 is 0.964 bits per heavy atom. The summed E-state index contributed by atoms with van der Waals surface area (Å²) >= 11 is 0. The zero-order valence-electron chi connectivity index (χ0n) is 16.1. The van der Waals surface area contributed by atoms with Crippen molar-refractivity contribution in [1.82, 2.24) is 4.98 Å². The lowest BCUT2D eigenvalue weighted by Gasteiger charge is -2.21. The maximum Gasteiger partial charge on any atom is 0.295 e. The van der Waals surface area contributed by atoms with E-state index in [0.717, 1.165) is 28.5 Å². The Labute approximate surface area is 164 Å². The molecule has 2 aromatic heterocycles. The van der Waals surface area contributed by atoms with Crippen LogP contribution >= 0.6 is 0 Å². The van der Waals surface area contributed by atoms with E-state index in [2.05, 4.69) is 36.2 Å². The molecule has 0 bridgehead atoms. The molecule has 28 heavy (non-hydrogen) atoms. The molecule has 140 valence electrons. The van der Waals surface area contributed by atoms with E-state index in [4.69, 9.17) is 4.42 Å². The van der Waals surface area contributed by atoms with Crippen LogP contribution in [0.4, 0.5) is 5.82 Å². The van der Waals surface area contributed by atoms with Gasteiger partial charge >= 0.3 is 0 Å². The maximum atomic E-state index is 13.5. The van der Waals surface area contributed by atoms with Gasteiger partial charge in [-0.2, -0.15) is 0 Å². The first kappa shape index (κ1) is 18.0. The van der Waals surface area contributed by atoms with Crippen molar-refractivity contribution in [2.24, 2.45) is 0 Å². The van der Waals surface area contributed by atoms with Crippen molar-refractivity contribution < 1.29 is 9.21 Å². The molecule has 4 rings (SSSR count). The highest BCUT2D eigenvalue weighted by Crippen LogP contribution is 2.28. The summed E-state index contributed by atoms with van der Waals surface area (Å²) in [4.78, 5) is 19.5. The zero-order chi connectivity index (χ0) is 19.5. The van der Waals surface area contributed by atoms with Crippen LogP contribution in [0.3, 0.4) is 0 Å². The minimum Gasteiger partial charge on any atom is -0.451 e. The molecule has 0 saturated carbocycles. The molecule has 0 spiro atoms. The molecule has 0 radical (unpaired) electrons. The minimum atomic E-state index is -0.188. The molecule has 2 aromatic carbocycles. The number of nitrogens with zero attached hydrogens (tertiary/aromatic N) is 2. The maximum absolute atomic E-state index is 13.5. The van der Waals surface area contributed by atoms with E-state index in [1.807, 2.05) is 49.4 Å². The second kappa shape index (κ2) is 7.69. The molecule has 0 aliphatic rings. The second-order valence-electron chi connectivity index (χ2n) is 6.80. The lowest BCUT2D eigenvalue weighted by Crippen LogP contribution is -2.31. The van der Waals surface area contributed by atoms with Gasteiger partial charge < -0.3 is 4.42 Å². The number of aromatic nitrogens is 1. The number of pyridine rings is 1. The van der Waals surface area contributed by atoms with Crippen LogP contribution < -0.4 is 4.90 Å². The predicted octanol–water partition coefficient (Wildman–Crippen LogP) is 5.55. The van der Waals surface area contributed by atoms with E-state index in [9.17, 15) is 4.79 Å². The number of hydrogen-bond donors (Lipinski definition) is 0. The Morgan fingerprint density at radius 3 is 2.36 bits per heavy atom. The summed E-state index contributed by atoms with van der Waals surface area (Å²) in [6.07, 6.45) is 2.68. The van der Waals surface area contributed by atoms with E-state index in [1.54, 1.807) is 11.1 Å². The van der Waals surface area contributed by atoms with Crippen molar-refractivity contribution in [1.29, 1.82) is 0 Å². The molecule has 0 N–H and O–H groups in total. The van der Waals surface area contributed by atoms with Gasteiger partial charge in [0.25, 0.3) is 5.91 Å². The summed E-state index contributed by atoms with van der Waals surface area (Å²) in [6, 6.07) is 21.6. The summed E-state index contributed by atoms with van der Waals surface area (Å²) < 4.78 is 5.92. The fraction of sp³-hybridized carbons (Fsp3) is 0.167. The first-order valence-electron chi connectivity index (χ1n) is 9.46. The molecule has 4 aromatic rings. The normalized spacial score (nSPS) is 10.9. The Morgan fingerprint density at radius 2 is 1.68 bits per heavy atom.